The van der Waals surface area contributed by atoms with Crippen LogP contribution in [0.4, 0.5) is 0 Å². The van der Waals surface area contributed by atoms with Gasteiger partial charge in [-0.1, -0.05) is 54.6 Å². The van der Waals surface area contributed by atoms with Gasteiger partial charge in [-0.3, -0.25) is 4.79 Å². The summed E-state index contributed by atoms with van der Waals surface area (Å²) < 4.78 is 0. The standard InChI is InChI=1S/C20H24N2O/c1-15-8-5-6-11-17(15)19-12-7-13-22(19)20(23)14-18(21)16-9-3-2-4-10-16/h2-6,8-11,18-19H,7,12-14,21H2,1H3/t18-,19-/m0/s1. The maximum atomic E-state index is 12.8. The minimum absolute atomic E-state index is 0.159. The summed E-state index contributed by atoms with van der Waals surface area (Å²) in [5, 5.41) is 0. The maximum Gasteiger partial charge on any atom is 0.224 e. The third-order valence-electron chi connectivity index (χ3n) is 4.74. The van der Waals surface area contributed by atoms with E-state index in [1.165, 1.54) is 11.1 Å². The predicted molar refractivity (Wildman–Crippen MR) is 92.9 cm³/mol. The summed E-state index contributed by atoms with van der Waals surface area (Å²) in [6, 6.07) is 18.2. The fourth-order valence-electron chi connectivity index (χ4n) is 3.47. The fourth-order valence-corrected chi connectivity index (χ4v) is 3.47. The highest BCUT2D eigenvalue weighted by Crippen LogP contribution is 2.34. The van der Waals surface area contributed by atoms with E-state index < -0.39 is 0 Å². The Kier molecular flexibility index (Phi) is 4.77. The second-order valence-electron chi connectivity index (χ2n) is 6.32. The van der Waals surface area contributed by atoms with Crippen LogP contribution in [-0.4, -0.2) is 17.4 Å². The third kappa shape index (κ3) is 3.45. The molecule has 0 unspecified atom stereocenters. The zero-order valence-corrected chi connectivity index (χ0v) is 13.6. The number of aryl methyl sites for hydroxylation is 1. The van der Waals surface area contributed by atoms with Crippen molar-refractivity contribution in [1.29, 1.82) is 0 Å². The average Bonchev–Trinajstić information content (AvgIpc) is 3.05. The van der Waals surface area contributed by atoms with Gasteiger partial charge in [0.05, 0.1) is 6.04 Å². The first-order chi connectivity index (χ1) is 11.2. The molecule has 120 valence electrons. The lowest BCUT2D eigenvalue weighted by Crippen LogP contribution is -2.33. The highest BCUT2D eigenvalue weighted by Gasteiger charge is 2.31. The Hall–Kier alpha value is -2.13. The van der Waals surface area contributed by atoms with Crippen molar-refractivity contribution < 1.29 is 4.79 Å². The van der Waals surface area contributed by atoms with Gasteiger partial charge in [0.1, 0.15) is 0 Å². The molecule has 0 radical (unpaired) electrons. The van der Waals surface area contributed by atoms with E-state index >= 15 is 0 Å². The zero-order chi connectivity index (χ0) is 16.2. The first-order valence-electron chi connectivity index (χ1n) is 8.32. The van der Waals surface area contributed by atoms with E-state index in [-0.39, 0.29) is 18.0 Å². The molecule has 2 aromatic carbocycles. The molecule has 0 aliphatic carbocycles. The topological polar surface area (TPSA) is 46.3 Å². The average molecular weight is 308 g/mol. The van der Waals surface area contributed by atoms with Gasteiger partial charge in [-0.2, -0.15) is 0 Å². The molecule has 1 amide bonds. The molecule has 23 heavy (non-hydrogen) atoms. The van der Waals surface area contributed by atoms with Crippen LogP contribution in [0.5, 0.6) is 0 Å². The summed E-state index contributed by atoms with van der Waals surface area (Å²) in [6.07, 6.45) is 2.47. The van der Waals surface area contributed by atoms with E-state index in [0.29, 0.717) is 6.42 Å². The molecule has 3 rings (SSSR count). The van der Waals surface area contributed by atoms with Gasteiger partial charge in [0.25, 0.3) is 0 Å². The largest absolute Gasteiger partial charge is 0.336 e. The molecule has 0 spiro atoms. The van der Waals surface area contributed by atoms with Crippen molar-refractivity contribution in [3.05, 3.63) is 71.3 Å². The Balaban J connectivity index is 1.73. The van der Waals surface area contributed by atoms with E-state index in [1.54, 1.807) is 0 Å². The van der Waals surface area contributed by atoms with Gasteiger partial charge in [0.2, 0.25) is 5.91 Å². The Morgan fingerprint density at radius 1 is 1.17 bits per heavy atom. The SMILES string of the molecule is Cc1ccccc1[C@@H]1CCCN1C(=O)C[C@H](N)c1ccccc1. The molecule has 1 saturated heterocycles. The van der Waals surface area contributed by atoms with Crippen LogP contribution in [0.15, 0.2) is 54.6 Å². The number of nitrogens with two attached hydrogens (primary N) is 1. The first-order valence-corrected chi connectivity index (χ1v) is 8.32. The number of hydrogen-bond donors (Lipinski definition) is 1. The van der Waals surface area contributed by atoms with Crippen LogP contribution in [0.25, 0.3) is 0 Å². The fraction of sp³-hybridized carbons (Fsp3) is 0.350. The third-order valence-corrected chi connectivity index (χ3v) is 4.74. The van der Waals surface area contributed by atoms with Crippen LogP contribution < -0.4 is 5.73 Å². The van der Waals surface area contributed by atoms with Crippen molar-refractivity contribution in [3.63, 3.8) is 0 Å². The molecule has 3 nitrogen and oxygen atoms in total. The summed E-state index contributed by atoms with van der Waals surface area (Å²) in [5.41, 5.74) is 9.78. The summed E-state index contributed by atoms with van der Waals surface area (Å²) in [4.78, 5) is 14.8. The van der Waals surface area contributed by atoms with Crippen LogP contribution in [0.2, 0.25) is 0 Å². The number of carbonyl (C=O) groups excluding carboxylic acids is 1. The number of rotatable bonds is 4. The number of nitrogens with zero attached hydrogens (tertiary/aromatic N) is 1. The molecule has 1 fully saturated rings. The van der Waals surface area contributed by atoms with Gasteiger partial charge in [-0.25, -0.2) is 0 Å². The maximum absolute atomic E-state index is 12.8. The number of amides is 1. The second kappa shape index (κ2) is 6.97. The number of likely N-dealkylation sites (tertiary alicyclic amines) is 1. The van der Waals surface area contributed by atoms with Crippen LogP contribution in [0.3, 0.4) is 0 Å². The Morgan fingerprint density at radius 3 is 2.61 bits per heavy atom. The Labute approximate surface area is 138 Å². The summed E-state index contributed by atoms with van der Waals surface area (Å²) in [7, 11) is 0. The van der Waals surface area contributed by atoms with Gasteiger partial charge < -0.3 is 10.6 Å². The van der Waals surface area contributed by atoms with E-state index in [1.807, 2.05) is 41.3 Å². The smallest absolute Gasteiger partial charge is 0.224 e. The Bertz CT molecular complexity index is 668. The zero-order valence-electron chi connectivity index (χ0n) is 13.6. The summed E-state index contributed by atoms with van der Waals surface area (Å²) >= 11 is 0. The van der Waals surface area contributed by atoms with Gasteiger partial charge >= 0.3 is 0 Å². The second-order valence-corrected chi connectivity index (χ2v) is 6.32. The van der Waals surface area contributed by atoms with Crippen molar-refractivity contribution in [2.45, 2.75) is 38.3 Å². The van der Waals surface area contributed by atoms with E-state index in [9.17, 15) is 4.79 Å². The van der Waals surface area contributed by atoms with Crippen molar-refractivity contribution >= 4 is 5.91 Å². The predicted octanol–water partition coefficient (Wildman–Crippen LogP) is 3.75. The Morgan fingerprint density at radius 2 is 1.87 bits per heavy atom. The molecule has 1 heterocycles. The molecule has 0 aromatic heterocycles. The monoisotopic (exact) mass is 308 g/mol. The van der Waals surface area contributed by atoms with Crippen molar-refractivity contribution in [2.75, 3.05) is 6.54 Å². The normalized spacial score (nSPS) is 18.9. The summed E-state index contributed by atoms with van der Waals surface area (Å²) in [5.74, 6) is 0.159. The number of benzene rings is 2. The van der Waals surface area contributed by atoms with Crippen LogP contribution in [-0.2, 0) is 4.79 Å². The molecule has 2 N–H and O–H groups in total. The van der Waals surface area contributed by atoms with Crippen molar-refractivity contribution in [3.8, 4) is 0 Å². The van der Waals surface area contributed by atoms with Gasteiger partial charge in [0, 0.05) is 19.0 Å². The molecule has 1 aliphatic rings. The van der Waals surface area contributed by atoms with Gasteiger partial charge in [-0.05, 0) is 36.5 Å². The van der Waals surface area contributed by atoms with E-state index in [4.69, 9.17) is 5.73 Å². The molecular weight excluding hydrogens is 284 g/mol. The highest BCUT2D eigenvalue weighted by molar-refractivity contribution is 5.78. The van der Waals surface area contributed by atoms with Crippen molar-refractivity contribution in [1.82, 2.24) is 4.90 Å². The van der Waals surface area contributed by atoms with E-state index in [0.717, 1.165) is 24.9 Å². The number of carbonyl (C=O) groups is 1. The lowest BCUT2D eigenvalue weighted by atomic mass is 9.98. The van der Waals surface area contributed by atoms with Gasteiger partial charge in [-0.15, -0.1) is 0 Å². The molecule has 0 bridgehead atoms. The molecular formula is C20H24N2O. The molecule has 1 aliphatic heterocycles. The van der Waals surface area contributed by atoms with Gasteiger partial charge in [0.15, 0.2) is 0 Å². The van der Waals surface area contributed by atoms with Crippen LogP contribution >= 0.6 is 0 Å². The summed E-state index contributed by atoms with van der Waals surface area (Å²) in [6.45, 7) is 2.95. The lowest BCUT2D eigenvalue weighted by Gasteiger charge is -2.27. The minimum atomic E-state index is -0.234. The lowest BCUT2D eigenvalue weighted by molar-refractivity contribution is -0.132. The molecule has 0 saturated carbocycles. The molecule has 3 heteroatoms. The minimum Gasteiger partial charge on any atom is -0.336 e. The molecule has 2 aromatic rings. The van der Waals surface area contributed by atoms with Crippen molar-refractivity contribution in [2.24, 2.45) is 5.73 Å². The quantitative estimate of drug-likeness (QED) is 0.935. The van der Waals surface area contributed by atoms with Crippen LogP contribution in [0.1, 0.15) is 48.0 Å². The molecule has 2 atom stereocenters. The first kappa shape index (κ1) is 15.8. The highest BCUT2D eigenvalue weighted by atomic mass is 16.2. The van der Waals surface area contributed by atoms with Crippen LogP contribution in [0, 0.1) is 6.92 Å². The van der Waals surface area contributed by atoms with E-state index in [2.05, 4.69) is 25.1 Å². The number of hydrogen-bond acceptors (Lipinski definition) is 2.